The Morgan fingerprint density at radius 2 is 1.78 bits per heavy atom. The molecule has 0 atom stereocenters. The Kier molecular flexibility index (Phi) is 5.76. The van der Waals surface area contributed by atoms with E-state index < -0.39 is 5.91 Å². The van der Waals surface area contributed by atoms with Crippen LogP contribution in [0.5, 0.6) is 5.75 Å². The lowest BCUT2D eigenvalue weighted by Gasteiger charge is -2.10. The lowest BCUT2D eigenvalue weighted by Crippen LogP contribution is -2.21. The molecule has 120 valence electrons. The van der Waals surface area contributed by atoms with Crippen molar-refractivity contribution >= 4 is 39.1 Å². The molecule has 0 radical (unpaired) electrons. The number of carbonyl (C=O) groups is 2. The number of methoxy groups -OCH3 is 1. The molecule has 0 saturated heterocycles. The smallest absolute Gasteiger partial charge is 0.233 e. The molecular formula is C17H17BrN2O3. The van der Waals surface area contributed by atoms with Crippen LogP contribution in [0.25, 0.3) is 0 Å². The fraction of sp³-hybridized carbons (Fsp3) is 0.176. The van der Waals surface area contributed by atoms with Crippen molar-refractivity contribution < 1.29 is 14.3 Å². The third-order valence-electron chi connectivity index (χ3n) is 3.16. The average molecular weight is 377 g/mol. The summed E-state index contributed by atoms with van der Waals surface area (Å²) in [5.41, 5.74) is 2.24. The predicted molar refractivity (Wildman–Crippen MR) is 93.7 cm³/mol. The first-order valence-electron chi connectivity index (χ1n) is 6.98. The molecule has 0 unspecified atom stereocenters. The number of carbonyl (C=O) groups excluding carboxylic acids is 2. The maximum Gasteiger partial charge on any atom is 0.233 e. The van der Waals surface area contributed by atoms with Gasteiger partial charge in [0.1, 0.15) is 12.2 Å². The molecule has 0 aliphatic heterocycles. The zero-order valence-electron chi connectivity index (χ0n) is 12.9. The van der Waals surface area contributed by atoms with Crippen LogP contribution in [-0.4, -0.2) is 18.9 Å². The maximum absolute atomic E-state index is 12.0. The number of hydrogen-bond acceptors (Lipinski definition) is 3. The molecule has 0 bridgehead atoms. The van der Waals surface area contributed by atoms with Gasteiger partial charge < -0.3 is 15.4 Å². The molecule has 2 amide bonds. The van der Waals surface area contributed by atoms with Gasteiger partial charge in [0.15, 0.2) is 0 Å². The Balaban J connectivity index is 1.94. The van der Waals surface area contributed by atoms with Crippen LogP contribution >= 0.6 is 15.9 Å². The van der Waals surface area contributed by atoms with Crippen LogP contribution < -0.4 is 15.4 Å². The zero-order chi connectivity index (χ0) is 16.8. The van der Waals surface area contributed by atoms with E-state index in [0.29, 0.717) is 17.1 Å². The van der Waals surface area contributed by atoms with Crippen molar-refractivity contribution in [2.24, 2.45) is 0 Å². The van der Waals surface area contributed by atoms with Crippen LogP contribution in [0, 0.1) is 6.92 Å². The van der Waals surface area contributed by atoms with Gasteiger partial charge in [-0.25, -0.2) is 0 Å². The van der Waals surface area contributed by atoms with Crippen LogP contribution in [0.3, 0.4) is 0 Å². The van der Waals surface area contributed by atoms with Gasteiger partial charge in [0, 0.05) is 10.2 Å². The summed E-state index contributed by atoms with van der Waals surface area (Å²) in [5.74, 6) is -0.241. The van der Waals surface area contributed by atoms with Crippen molar-refractivity contribution in [2.75, 3.05) is 17.7 Å². The molecular weight excluding hydrogens is 360 g/mol. The monoisotopic (exact) mass is 376 g/mol. The number of amides is 2. The first-order valence-corrected chi connectivity index (χ1v) is 7.78. The van der Waals surface area contributed by atoms with Crippen LogP contribution in [0.15, 0.2) is 46.9 Å². The van der Waals surface area contributed by atoms with Gasteiger partial charge in [-0.3, -0.25) is 9.59 Å². The Morgan fingerprint density at radius 1 is 1.09 bits per heavy atom. The van der Waals surface area contributed by atoms with E-state index in [1.54, 1.807) is 36.4 Å². The molecule has 0 aromatic heterocycles. The lowest BCUT2D eigenvalue weighted by atomic mass is 10.2. The minimum absolute atomic E-state index is 0.274. The van der Waals surface area contributed by atoms with Crippen LogP contribution in [0.1, 0.15) is 12.0 Å². The molecule has 5 nitrogen and oxygen atoms in total. The minimum Gasteiger partial charge on any atom is -0.495 e. The van der Waals surface area contributed by atoms with Crippen LogP contribution in [-0.2, 0) is 9.59 Å². The second-order valence-corrected chi connectivity index (χ2v) is 5.79. The van der Waals surface area contributed by atoms with E-state index in [2.05, 4.69) is 26.6 Å². The second kappa shape index (κ2) is 7.78. The molecule has 0 spiro atoms. The van der Waals surface area contributed by atoms with Gasteiger partial charge in [0.05, 0.1) is 12.8 Å². The minimum atomic E-state index is -0.404. The summed E-state index contributed by atoms with van der Waals surface area (Å²) in [5, 5.41) is 5.36. The standard InChI is InChI=1S/C17H17BrN2O3/c1-11-7-8-12(9-13(11)18)19-16(21)10-17(22)20-14-5-3-4-6-15(14)23-2/h3-9H,10H2,1-2H3,(H,19,21)(H,20,22). The van der Waals surface area contributed by atoms with E-state index in [9.17, 15) is 9.59 Å². The summed E-state index contributed by atoms with van der Waals surface area (Å²) in [7, 11) is 1.52. The third-order valence-corrected chi connectivity index (χ3v) is 4.01. The number of anilines is 2. The van der Waals surface area contributed by atoms with Crippen molar-refractivity contribution in [3.63, 3.8) is 0 Å². The van der Waals surface area contributed by atoms with Gasteiger partial charge in [0.25, 0.3) is 0 Å². The van der Waals surface area contributed by atoms with Crippen molar-refractivity contribution in [3.05, 3.63) is 52.5 Å². The van der Waals surface area contributed by atoms with E-state index in [1.807, 2.05) is 13.0 Å². The van der Waals surface area contributed by atoms with Gasteiger partial charge in [-0.15, -0.1) is 0 Å². The molecule has 6 heteroatoms. The number of nitrogens with one attached hydrogen (secondary N) is 2. The normalized spacial score (nSPS) is 10.0. The Morgan fingerprint density at radius 3 is 2.48 bits per heavy atom. The topological polar surface area (TPSA) is 67.4 Å². The number of halogens is 1. The van der Waals surface area contributed by atoms with E-state index >= 15 is 0 Å². The first kappa shape index (κ1) is 17.0. The number of aryl methyl sites for hydroxylation is 1. The molecule has 2 N–H and O–H groups in total. The van der Waals surface area contributed by atoms with Crippen molar-refractivity contribution in [2.45, 2.75) is 13.3 Å². The van der Waals surface area contributed by atoms with Gasteiger partial charge >= 0.3 is 0 Å². The molecule has 2 aromatic rings. The molecule has 0 fully saturated rings. The van der Waals surface area contributed by atoms with Crippen molar-refractivity contribution in [3.8, 4) is 5.75 Å². The highest BCUT2D eigenvalue weighted by molar-refractivity contribution is 9.10. The quantitative estimate of drug-likeness (QED) is 0.781. The first-order chi connectivity index (χ1) is 11.0. The lowest BCUT2D eigenvalue weighted by molar-refractivity contribution is -0.123. The molecule has 0 saturated carbocycles. The molecule has 2 rings (SSSR count). The number of hydrogen-bond donors (Lipinski definition) is 2. The maximum atomic E-state index is 12.0. The van der Waals surface area contributed by atoms with E-state index in [-0.39, 0.29) is 12.3 Å². The van der Waals surface area contributed by atoms with E-state index in [1.165, 1.54) is 7.11 Å². The molecule has 0 heterocycles. The summed E-state index contributed by atoms with van der Waals surface area (Å²) in [6.45, 7) is 1.95. The highest BCUT2D eigenvalue weighted by atomic mass is 79.9. The molecule has 2 aromatic carbocycles. The Labute approximate surface area is 143 Å². The van der Waals surface area contributed by atoms with Gasteiger partial charge in [-0.1, -0.05) is 34.1 Å². The largest absolute Gasteiger partial charge is 0.495 e. The summed E-state index contributed by atoms with van der Waals surface area (Å²) in [6, 6.07) is 12.5. The predicted octanol–water partition coefficient (Wildman–Crippen LogP) is 3.73. The molecule has 0 aliphatic rings. The third kappa shape index (κ3) is 4.82. The highest BCUT2D eigenvalue weighted by Crippen LogP contribution is 2.23. The SMILES string of the molecule is COc1ccccc1NC(=O)CC(=O)Nc1ccc(C)c(Br)c1. The Bertz CT molecular complexity index is 732. The fourth-order valence-corrected chi connectivity index (χ4v) is 2.34. The van der Waals surface area contributed by atoms with E-state index in [4.69, 9.17) is 4.74 Å². The average Bonchev–Trinajstić information content (AvgIpc) is 2.51. The van der Waals surface area contributed by atoms with Gasteiger partial charge in [-0.05, 0) is 36.8 Å². The van der Waals surface area contributed by atoms with Gasteiger partial charge in [0.2, 0.25) is 11.8 Å². The summed E-state index contributed by atoms with van der Waals surface area (Å²) in [4.78, 5) is 23.9. The van der Waals surface area contributed by atoms with Crippen molar-refractivity contribution in [1.82, 2.24) is 0 Å². The summed E-state index contributed by atoms with van der Waals surface area (Å²) < 4.78 is 6.05. The van der Waals surface area contributed by atoms with Crippen molar-refractivity contribution in [1.29, 1.82) is 0 Å². The zero-order valence-corrected chi connectivity index (χ0v) is 14.4. The summed E-state index contributed by atoms with van der Waals surface area (Å²) >= 11 is 3.40. The number of benzene rings is 2. The molecule has 0 aliphatic carbocycles. The van der Waals surface area contributed by atoms with Gasteiger partial charge in [-0.2, -0.15) is 0 Å². The molecule has 23 heavy (non-hydrogen) atoms. The van der Waals surface area contributed by atoms with Crippen LogP contribution in [0.4, 0.5) is 11.4 Å². The van der Waals surface area contributed by atoms with Crippen LogP contribution in [0.2, 0.25) is 0 Å². The Hall–Kier alpha value is -2.34. The fourth-order valence-electron chi connectivity index (χ4n) is 1.96. The number of ether oxygens (including phenoxy) is 1. The summed E-state index contributed by atoms with van der Waals surface area (Å²) in [6.07, 6.45) is -0.274. The highest BCUT2D eigenvalue weighted by Gasteiger charge is 2.12. The second-order valence-electron chi connectivity index (χ2n) is 4.94. The number of rotatable bonds is 5. The number of para-hydroxylation sites is 2. The van der Waals surface area contributed by atoms with E-state index in [0.717, 1.165) is 10.0 Å².